The van der Waals surface area contributed by atoms with Crippen LogP contribution in [0.2, 0.25) is 0 Å². The first-order valence-electron chi connectivity index (χ1n) is 6.97. The average Bonchev–Trinajstić information content (AvgIpc) is 2.56. The summed E-state index contributed by atoms with van der Waals surface area (Å²) in [4.78, 5) is 2.39. The van der Waals surface area contributed by atoms with Crippen molar-refractivity contribution in [1.82, 2.24) is 10.2 Å². The first-order valence-corrected chi connectivity index (χ1v) is 6.97. The highest BCUT2D eigenvalue weighted by Gasteiger charge is 2.43. The zero-order chi connectivity index (χ0) is 13.3. The highest BCUT2D eigenvalue weighted by Crippen LogP contribution is 2.45. The quantitative estimate of drug-likeness (QED) is 0.776. The van der Waals surface area contributed by atoms with Crippen molar-refractivity contribution in [2.24, 2.45) is 16.6 Å². The van der Waals surface area contributed by atoms with Crippen molar-refractivity contribution >= 4 is 0 Å². The molecule has 1 saturated heterocycles. The molecular weight excluding hydrogens is 210 g/mol. The van der Waals surface area contributed by atoms with Crippen LogP contribution < -0.4 is 11.1 Å². The van der Waals surface area contributed by atoms with Crippen LogP contribution in [0.3, 0.4) is 0 Å². The van der Waals surface area contributed by atoms with Crippen LogP contribution in [-0.4, -0.2) is 30.3 Å². The second-order valence-corrected chi connectivity index (χ2v) is 6.65. The molecule has 0 aromatic rings. The van der Waals surface area contributed by atoms with Crippen molar-refractivity contribution in [3.05, 3.63) is 0 Å². The fourth-order valence-corrected chi connectivity index (χ4v) is 2.91. The van der Waals surface area contributed by atoms with Crippen molar-refractivity contribution < 1.29 is 0 Å². The lowest BCUT2D eigenvalue weighted by Crippen LogP contribution is -2.59. The van der Waals surface area contributed by atoms with Gasteiger partial charge in [-0.1, -0.05) is 47.5 Å². The van der Waals surface area contributed by atoms with Gasteiger partial charge in [0.05, 0.1) is 0 Å². The van der Waals surface area contributed by atoms with E-state index in [4.69, 9.17) is 5.73 Å². The number of nitrogens with one attached hydrogen (secondary N) is 1. The zero-order valence-corrected chi connectivity index (χ0v) is 12.6. The molecule has 1 aliphatic rings. The SMILES string of the molecule is CCC(C)(CC)C(C)(C)CN1CCNC1(C)N. The maximum atomic E-state index is 6.27. The number of rotatable bonds is 5. The van der Waals surface area contributed by atoms with Crippen LogP contribution in [0.15, 0.2) is 0 Å². The summed E-state index contributed by atoms with van der Waals surface area (Å²) < 4.78 is 0. The Balaban J connectivity index is 2.79. The van der Waals surface area contributed by atoms with Gasteiger partial charge in [0, 0.05) is 19.6 Å². The van der Waals surface area contributed by atoms with Crippen LogP contribution in [0.1, 0.15) is 54.4 Å². The monoisotopic (exact) mass is 241 g/mol. The molecule has 1 rings (SSSR count). The minimum Gasteiger partial charge on any atom is -0.301 e. The van der Waals surface area contributed by atoms with E-state index in [-0.39, 0.29) is 11.2 Å². The molecule has 0 spiro atoms. The average molecular weight is 241 g/mol. The van der Waals surface area contributed by atoms with Gasteiger partial charge in [-0.05, 0) is 17.8 Å². The minimum absolute atomic E-state index is 0.281. The summed E-state index contributed by atoms with van der Waals surface area (Å²) >= 11 is 0. The molecule has 0 aromatic heterocycles. The van der Waals surface area contributed by atoms with Gasteiger partial charge in [0.25, 0.3) is 0 Å². The minimum atomic E-state index is -0.334. The summed E-state index contributed by atoms with van der Waals surface area (Å²) in [5.41, 5.74) is 6.93. The normalized spacial score (nSPS) is 27.7. The molecule has 1 heterocycles. The summed E-state index contributed by atoms with van der Waals surface area (Å²) in [7, 11) is 0. The van der Waals surface area contributed by atoms with Crippen molar-refractivity contribution in [2.45, 2.75) is 60.2 Å². The van der Waals surface area contributed by atoms with E-state index in [9.17, 15) is 0 Å². The maximum absolute atomic E-state index is 6.27. The summed E-state index contributed by atoms with van der Waals surface area (Å²) in [5.74, 6) is -0.334. The molecule has 1 atom stereocenters. The number of nitrogens with two attached hydrogens (primary N) is 1. The highest BCUT2D eigenvalue weighted by atomic mass is 15.4. The molecule has 0 bridgehead atoms. The molecule has 0 radical (unpaired) electrons. The third-order valence-corrected chi connectivity index (χ3v) is 5.30. The maximum Gasteiger partial charge on any atom is 0.120 e. The van der Waals surface area contributed by atoms with E-state index in [2.05, 4.69) is 51.8 Å². The van der Waals surface area contributed by atoms with Gasteiger partial charge in [-0.2, -0.15) is 0 Å². The largest absolute Gasteiger partial charge is 0.301 e. The lowest BCUT2D eigenvalue weighted by molar-refractivity contribution is 0.00703. The summed E-state index contributed by atoms with van der Waals surface area (Å²) in [6, 6.07) is 0. The second kappa shape index (κ2) is 4.87. The Bertz CT molecular complexity index is 254. The Morgan fingerprint density at radius 1 is 1.24 bits per heavy atom. The molecule has 102 valence electrons. The van der Waals surface area contributed by atoms with Gasteiger partial charge in [-0.15, -0.1) is 0 Å². The van der Waals surface area contributed by atoms with Crippen LogP contribution in [0, 0.1) is 10.8 Å². The van der Waals surface area contributed by atoms with Crippen molar-refractivity contribution in [3.63, 3.8) is 0 Å². The van der Waals surface area contributed by atoms with Gasteiger partial charge >= 0.3 is 0 Å². The van der Waals surface area contributed by atoms with Crippen LogP contribution in [0.5, 0.6) is 0 Å². The fraction of sp³-hybridized carbons (Fsp3) is 1.00. The Hall–Kier alpha value is -0.120. The third kappa shape index (κ3) is 2.83. The molecule has 0 aromatic carbocycles. The zero-order valence-electron chi connectivity index (χ0n) is 12.6. The molecule has 1 unspecified atom stereocenters. The number of hydrogen-bond acceptors (Lipinski definition) is 3. The molecule has 0 amide bonds. The van der Waals surface area contributed by atoms with Crippen LogP contribution in [0.4, 0.5) is 0 Å². The van der Waals surface area contributed by atoms with Gasteiger partial charge in [0.15, 0.2) is 0 Å². The van der Waals surface area contributed by atoms with Crippen molar-refractivity contribution in [1.29, 1.82) is 0 Å². The van der Waals surface area contributed by atoms with Crippen molar-refractivity contribution in [2.75, 3.05) is 19.6 Å². The van der Waals surface area contributed by atoms with Crippen molar-refractivity contribution in [3.8, 4) is 0 Å². The molecule has 3 nitrogen and oxygen atoms in total. The molecule has 0 aliphatic carbocycles. The van der Waals surface area contributed by atoms with E-state index < -0.39 is 0 Å². The summed E-state index contributed by atoms with van der Waals surface area (Å²) in [5, 5.41) is 3.36. The van der Waals surface area contributed by atoms with E-state index in [0.29, 0.717) is 5.41 Å². The third-order valence-electron chi connectivity index (χ3n) is 5.30. The van der Waals surface area contributed by atoms with E-state index in [1.54, 1.807) is 0 Å². The van der Waals surface area contributed by atoms with Crippen LogP contribution in [-0.2, 0) is 0 Å². The topological polar surface area (TPSA) is 41.3 Å². The molecule has 1 aliphatic heterocycles. The number of nitrogens with zero attached hydrogens (tertiary/aromatic N) is 1. The van der Waals surface area contributed by atoms with Gasteiger partial charge in [0.1, 0.15) is 5.79 Å². The second-order valence-electron chi connectivity index (χ2n) is 6.65. The van der Waals surface area contributed by atoms with E-state index in [1.807, 2.05) is 0 Å². The summed E-state index contributed by atoms with van der Waals surface area (Å²) in [6.45, 7) is 17.0. The Kier molecular flexibility index (Phi) is 4.28. The van der Waals surface area contributed by atoms with Gasteiger partial charge in [0.2, 0.25) is 0 Å². The van der Waals surface area contributed by atoms with E-state index in [0.717, 1.165) is 19.6 Å². The molecule has 3 N–H and O–H groups in total. The smallest absolute Gasteiger partial charge is 0.120 e. The van der Waals surface area contributed by atoms with E-state index in [1.165, 1.54) is 12.8 Å². The molecular formula is C14H31N3. The molecule has 17 heavy (non-hydrogen) atoms. The predicted molar refractivity (Wildman–Crippen MR) is 74.6 cm³/mol. The Labute approximate surface area is 107 Å². The predicted octanol–water partition coefficient (Wildman–Crippen LogP) is 2.38. The number of hydrogen-bond donors (Lipinski definition) is 2. The Morgan fingerprint density at radius 3 is 2.12 bits per heavy atom. The molecule has 1 fully saturated rings. The first-order chi connectivity index (χ1) is 7.68. The summed E-state index contributed by atoms with van der Waals surface area (Å²) in [6.07, 6.45) is 2.44. The molecule has 3 heteroatoms. The highest BCUT2D eigenvalue weighted by molar-refractivity contribution is 4.94. The Morgan fingerprint density at radius 2 is 1.76 bits per heavy atom. The van der Waals surface area contributed by atoms with Gasteiger partial charge in [-0.3, -0.25) is 10.2 Å². The van der Waals surface area contributed by atoms with Gasteiger partial charge < -0.3 is 5.73 Å². The lowest BCUT2D eigenvalue weighted by Gasteiger charge is -2.47. The van der Waals surface area contributed by atoms with E-state index >= 15 is 0 Å². The van der Waals surface area contributed by atoms with Crippen LogP contribution >= 0.6 is 0 Å². The lowest BCUT2D eigenvalue weighted by atomic mass is 9.63. The standard InChI is InChI=1S/C14H31N3/c1-7-13(5,8-2)12(3,4)11-17-10-9-16-14(17,6)15/h16H,7-11,15H2,1-6H3. The van der Waals surface area contributed by atoms with Gasteiger partial charge in [-0.25, -0.2) is 0 Å². The fourth-order valence-electron chi connectivity index (χ4n) is 2.91. The first kappa shape index (κ1) is 14.9. The molecule has 0 saturated carbocycles. The van der Waals surface area contributed by atoms with Crippen LogP contribution in [0.25, 0.3) is 0 Å².